The zero-order valence-electron chi connectivity index (χ0n) is 10.3. The summed E-state index contributed by atoms with van der Waals surface area (Å²) in [6.07, 6.45) is 1.14. The van der Waals surface area contributed by atoms with Crippen LogP contribution in [-0.2, 0) is 9.59 Å². The van der Waals surface area contributed by atoms with Gasteiger partial charge in [-0.15, -0.1) is 0 Å². The van der Waals surface area contributed by atoms with Gasteiger partial charge in [-0.05, 0) is 42.4 Å². The Morgan fingerprint density at radius 2 is 1.89 bits per heavy atom. The number of hydrogen-bond donors (Lipinski definition) is 2. The lowest BCUT2D eigenvalue weighted by molar-refractivity contribution is -0.139. The van der Waals surface area contributed by atoms with Gasteiger partial charge in [0.05, 0.1) is 5.92 Å². The van der Waals surface area contributed by atoms with Gasteiger partial charge in [0.2, 0.25) is 0 Å². The molecule has 0 spiro atoms. The molecule has 1 aliphatic rings. The Bertz CT molecular complexity index is 483. The molecule has 1 fully saturated rings. The molecule has 0 heterocycles. The summed E-state index contributed by atoms with van der Waals surface area (Å²) < 4.78 is 0. The molecule has 1 aromatic rings. The topological polar surface area (TPSA) is 74.6 Å². The van der Waals surface area contributed by atoms with E-state index in [1.54, 1.807) is 12.1 Å². The van der Waals surface area contributed by atoms with Crippen LogP contribution in [0.4, 0.5) is 0 Å². The lowest BCUT2D eigenvalue weighted by Gasteiger charge is -2.16. The summed E-state index contributed by atoms with van der Waals surface area (Å²) in [4.78, 5) is 21.7. The van der Waals surface area contributed by atoms with E-state index in [1.165, 1.54) is 0 Å². The maximum Gasteiger partial charge on any atom is 0.306 e. The van der Waals surface area contributed by atoms with Crippen LogP contribution >= 0.6 is 11.6 Å². The van der Waals surface area contributed by atoms with E-state index in [2.05, 4.69) is 0 Å². The van der Waals surface area contributed by atoms with Crippen LogP contribution in [0.25, 0.3) is 0 Å². The van der Waals surface area contributed by atoms with E-state index in [-0.39, 0.29) is 24.2 Å². The zero-order chi connectivity index (χ0) is 14.0. The van der Waals surface area contributed by atoms with Crippen molar-refractivity contribution in [2.75, 3.05) is 0 Å². The SMILES string of the molecule is O=C(O)CCC(c1ccc(Cl)cc1)C1CC1C(=O)O. The quantitative estimate of drug-likeness (QED) is 0.841. The second kappa shape index (κ2) is 5.61. The molecule has 1 aliphatic carbocycles. The van der Waals surface area contributed by atoms with Crippen molar-refractivity contribution < 1.29 is 19.8 Å². The van der Waals surface area contributed by atoms with Gasteiger partial charge < -0.3 is 10.2 Å². The van der Waals surface area contributed by atoms with Crippen molar-refractivity contribution in [3.05, 3.63) is 34.9 Å². The van der Waals surface area contributed by atoms with Crippen LogP contribution in [0, 0.1) is 11.8 Å². The van der Waals surface area contributed by atoms with E-state index in [9.17, 15) is 9.59 Å². The number of carboxylic acids is 2. The van der Waals surface area contributed by atoms with E-state index in [0.717, 1.165) is 5.56 Å². The van der Waals surface area contributed by atoms with Crippen LogP contribution in [0.15, 0.2) is 24.3 Å². The van der Waals surface area contributed by atoms with Crippen molar-refractivity contribution in [1.82, 2.24) is 0 Å². The largest absolute Gasteiger partial charge is 0.481 e. The molecule has 0 bridgehead atoms. The lowest BCUT2D eigenvalue weighted by atomic mass is 9.89. The molecule has 0 radical (unpaired) electrons. The number of rotatable bonds is 6. The summed E-state index contributed by atoms with van der Waals surface area (Å²) in [6, 6.07) is 7.21. The van der Waals surface area contributed by atoms with Crippen LogP contribution in [0.3, 0.4) is 0 Å². The van der Waals surface area contributed by atoms with E-state index >= 15 is 0 Å². The Morgan fingerprint density at radius 3 is 2.37 bits per heavy atom. The van der Waals surface area contributed by atoms with Crippen molar-refractivity contribution >= 4 is 23.5 Å². The molecule has 3 unspecified atom stereocenters. The van der Waals surface area contributed by atoms with Crippen LogP contribution in [0.2, 0.25) is 5.02 Å². The van der Waals surface area contributed by atoms with Gasteiger partial charge in [0.1, 0.15) is 0 Å². The molecular weight excluding hydrogens is 268 g/mol. The summed E-state index contributed by atoms with van der Waals surface area (Å²) in [5.74, 6) is -1.97. The smallest absolute Gasteiger partial charge is 0.306 e. The molecule has 4 nitrogen and oxygen atoms in total. The summed E-state index contributed by atoms with van der Waals surface area (Å²) >= 11 is 5.83. The maximum atomic E-state index is 11.0. The third-order valence-electron chi connectivity index (χ3n) is 3.64. The third kappa shape index (κ3) is 3.47. The number of benzene rings is 1. The Kier molecular flexibility index (Phi) is 4.10. The van der Waals surface area contributed by atoms with Gasteiger partial charge in [-0.2, -0.15) is 0 Å². The number of carboxylic acid groups (broad SMARTS) is 2. The summed E-state index contributed by atoms with van der Waals surface area (Å²) in [7, 11) is 0. The molecule has 1 aromatic carbocycles. The van der Waals surface area contributed by atoms with E-state index < -0.39 is 11.9 Å². The molecule has 2 rings (SSSR count). The zero-order valence-corrected chi connectivity index (χ0v) is 11.0. The number of halogens is 1. The number of hydrogen-bond acceptors (Lipinski definition) is 2. The van der Waals surface area contributed by atoms with Crippen molar-refractivity contribution in [3.63, 3.8) is 0 Å². The molecular formula is C14H15ClO4. The fraction of sp³-hybridized carbons (Fsp3) is 0.429. The molecule has 0 aliphatic heterocycles. The Labute approximate surface area is 116 Å². The molecule has 0 saturated heterocycles. The van der Waals surface area contributed by atoms with Crippen molar-refractivity contribution in [2.45, 2.75) is 25.2 Å². The average Bonchev–Trinajstić information content (AvgIpc) is 3.11. The van der Waals surface area contributed by atoms with Gasteiger partial charge in [0.25, 0.3) is 0 Å². The van der Waals surface area contributed by atoms with Crippen LogP contribution in [0.1, 0.15) is 30.7 Å². The lowest BCUT2D eigenvalue weighted by Crippen LogP contribution is -2.09. The van der Waals surface area contributed by atoms with Crippen molar-refractivity contribution in [2.24, 2.45) is 11.8 Å². The summed E-state index contributed by atoms with van der Waals surface area (Å²) in [5.41, 5.74) is 0.972. The van der Waals surface area contributed by atoms with Gasteiger partial charge in [-0.25, -0.2) is 0 Å². The fourth-order valence-electron chi connectivity index (χ4n) is 2.56. The molecule has 102 valence electrons. The second-order valence-corrected chi connectivity index (χ2v) is 5.37. The molecule has 5 heteroatoms. The van der Waals surface area contributed by atoms with Crippen molar-refractivity contribution in [3.8, 4) is 0 Å². The highest BCUT2D eigenvalue weighted by Gasteiger charge is 2.48. The van der Waals surface area contributed by atoms with Crippen LogP contribution in [-0.4, -0.2) is 22.2 Å². The molecule has 2 N–H and O–H groups in total. The molecule has 0 amide bonds. The normalized spacial score (nSPS) is 22.8. The van der Waals surface area contributed by atoms with Crippen LogP contribution in [0.5, 0.6) is 0 Å². The molecule has 1 saturated carbocycles. The fourth-order valence-corrected chi connectivity index (χ4v) is 2.69. The minimum atomic E-state index is -0.855. The summed E-state index contributed by atoms with van der Waals surface area (Å²) in [6.45, 7) is 0. The third-order valence-corrected chi connectivity index (χ3v) is 3.89. The minimum absolute atomic E-state index is 0.0190. The van der Waals surface area contributed by atoms with Gasteiger partial charge in [-0.1, -0.05) is 23.7 Å². The highest BCUT2D eigenvalue weighted by Crippen LogP contribution is 2.50. The van der Waals surface area contributed by atoms with Gasteiger partial charge in [0, 0.05) is 11.4 Å². The van der Waals surface area contributed by atoms with Crippen LogP contribution < -0.4 is 0 Å². The Balaban J connectivity index is 2.12. The molecule has 19 heavy (non-hydrogen) atoms. The van der Waals surface area contributed by atoms with Gasteiger partial charge in [-0.3, -0.25) is 9.59 Å². The second-order valence-electron chi connectivity index (χ2n) is 4.93. The first-order chi connectivity index (χ1) is 8.99. The first kappa shape index (κ1) is 13.9. The predicted molar refractivity (Wildman–Crippen MR) is 70.3 cm³/mol. The Hall–Kier alpha value is -1.55. The molecule has 0 aromatic heterocycles. The van der Waals surface area contributed by atoms with E-state index in [1.807, 2.05) is 12.1 Å². The average molecular weight is 283 g/mol. The van der Waals surface area contributed by atoms with E-state index in [0.29, 0.717) is 17.9 Å². The monoisotopic (exact) mass is 282 g/mol. The Morgan fingerprint density at radius 1 is 1.26 bits per heavy atom. The van der Waals surface area contributed by atoms with E-state index in [4.69, 9.17) is 21.8 Å². The van der Waals surface area contributed by atoms with Crippen molar-refractivity contribution in [1.29, 1.82) is 0 Å². The molecule has 3 atom stereocenters. The number of aliphatic carboxylic acids is 2. The van der Waals surface area contributed by atoms with Gasteiger partial charge in [0.15, 0.2) is 0 Å². The highest BCUT2D eigenvalue weighted by molar-refractivity contribution is 6.30. The van der Waals surface area contributed by atoms with Gasteiger partial charge >= 0.3 is 11.9 Å². The number of carbonyl (C=O) groups is 2. The highest BCUT2D eigenvalue weighted by atomic mass is 35.5. The first-order valence-electron chi connectivity index (χ1n) is 6.19. The summed E-state index contributed by atoms with van der Waals surface area (Å²) in [5, 5.41) is 18.4. The minimum Gasteiger partial charge on any atom is -0.481 e. The standard InChI is InChI=1S/C14H15ClO4/c15-9-3-1-8(2-4-9)10(5-6-13(16)17)11-7-12(11)14(18)19/h1-4,10-12H,5-7H2,(H,16,17)(H,18,19). The first-order valence-corrected chi connectivity index (χ1v) is 6.57. The predicted octanol–water partition coefficient (Wildman–Crippen LogP) is 3.01. The maximum absolute atomic E-state index is 11.0.